The van der Waals surface area contributed by atoms with E-state index in [1.54, 1.807) is 6.92 Å². The Kier molecular flexibility index (Phi) is 8.92. The molecule has 220 valence electrons. The minimum atomic E-state index is -0.817. The van der Waals surface area contributed by atoms with Gasteiger partial charge >= 0.3 is 12.1 Å². The van der Waals surface area contributed by atoms with E-state index in [9.17, 15) is 9.59 Å². The van der Waals surface area contributed by atoms with Crippen LogP contribution in [0.2, 0.25) is 0 Å². The molecule has 42 heavy (non-hydrogen) atoms. The first-order valence-electron chi connectivity index (χ1n) is 14.7. The van der Waals surface area contributed by atoms with Gasteiger partial charge in [-0.2, -0.15) is 0 Å². The van der Waals surface area contributed by atoms with Gasteiger partial charge < -0.3 is 19.4 Å². The number of aryl methyl sites for hydroxylation is 4. The number of aromatic nitrogens is 2. The number of ether oxygens (including phenoxy) is 2. The molecular formula is C34H41N4O4+. The fourth-order valence-electron chi connectivity index (χ4n) is 5.83. The fourth-order valence-corrected chi connectivity index (χ4v) is 5.83. The van der Waals surface area contributed by atoms with E-state index >= 15 is 0 Å². The number of likely N-dealkylation sites (N-methyl/N-ethyl adjacent to an activating group) is 1. The summed E-state index contributed by atoms with van der Waals surface area (Å²) in [7, 11) is 2.12. The molecule has 0 bridgehead atoms. The average Bonchev–Trinajstić information content (AvgIpc) is 3.27. The molecule has 0 spiro atoms. The lowest BCUT2D eigenvalue weighted by atomic mass is 10.0. The summed E-state index contributed by atoms with van der Waals surface area (Å²) >= 11 is 0. The Morgan fingerprint density at radius 1 is 1.05 bits per heavy atom. The van der Waals surface area contributed by atoms with E-state index in [1.807, 2.05) is 43.5 Å². The maximum Gasteiger partial charge on any atom is 0.412 e. The molecule has 2 unspecified atom stereocenters. The second-order valence-electron chi connectivity index (χ2n) is 11.6. The Morgan fingerprint density at radius 2 is 1.86 bits per heavy atom. The van der Waals surface area contributed by atoms with Gasteiger partial charge in [0.15, 0.2) is 0 Å². The molecule has 0 saturated carbocycles. The van der Waals surface area contributed by atoms with Crippen molar-refractivity contribution in [1.29, 1.82) is 0 Å². The molecule has 2 aromatic heterocycles. The van der Waals surface area contributed by atoms with Crippen LogP contribution in [0.25, 0.3) is 10.9 Å². The highest BCUT2D eigenvalue weighted by Crippen LogP contribution is 2.34. The topological polar surface area (TPSA) is 82.5 Å². The molecule has 1 N–H and O–H groups in total. The van der Waals surface area contributed by atoms with Crippen LogP contribution in [0.1, 0.15) is 40.6 Å². The number of benzene rings is 2. The third-order valence-electron chi connectivity index (χ3n) is 8.12. The summed E-state index contributed by atoms with van der Waals surface area (Å²) in [6.45, 7) is 8.82. The Balaban J connectivity index is 1.28. The van der Waals surface area contributed by atoms with Gasteiger partial charge in [0.05, 0.1) is 20.2 Å². The van der Waals surface area contributed by atoms with E-state index in [2.05, 4.69) is 59.2 Å². The minimum Gasteiger partial charge on any atom is -0.464 e. The monoisotopic (exact) mass is 569 g/mol. The molecule has 0 radical (unpaired) electrons. The molecular weight excluding hydrogens is 528 g/mol. The second kappa shape index (κ2) is 12.8. The van der Waals surface area contributed by atoms with Gasteiger partial charge in [-0.3, -0.25) is 9.47 Å². The quantitative estimate of drug-likeness (QED) is 0.208. The third kappa shape index (κ3) is 6.82. The van der Waals surface area contributed by atoms with E-state index in [-0.39, 0.29) is 13.3 Å². The van der Waals surface area contributed by atoms with Gasteiger partial charge in [0, 0.05) is 53.4 Å². The molecule has 2 aromatic carbocycles. The Hall–Kier alpha value is -4.17. The molecule has 8 nitrogen and oxygen atoms in total. The molecule has 0 fully saturated rings. The first-order valence-corrected chi connectivity index (χ1v) is 14.7. The lowest BCUT2D eigenvalue weighted by molar-refractivity contribution is -0.940. The summed E-state index contributed by atoms with van der Waals surface area (Å²) in [5, 5.41) is 4.02. The lowest BCUT2D eigenvalue weighted by Crippen LogP contribution is -2.51. The number of carbonyl (C=O) groups is 2. The van der Waals surface area contributed by atoms with E-state index in [0.717, 1.165) is 43.7 Å². The first-order chi connectivity index (χ1) is 20.2. The minimum absolute atomic E-state index is 0.208. The number of hydrogen-bond acceptors (Lipinski definition) is 5. The molecule has 4 aromatic rings. The highest BCUT2D eigenvalue weighted by molar-refractivity contribution is 5.86. The maximum absolute atomic E-state index is 12.9. The molecule has 8 heteroatoms. The van der Waals surface area contributed by atoms with Crippen molar-refractivity contribution in [1.82, 2.24) is 14.9 Å². The number of rotatable bonds is 10. The lowest BCUT2D eigenvalue weighted by Gasteiger charge is -2.37. The van der Waals surface area contributed by atoms with Crippen LogP contribution in [0.3, 0.4) is 0 Å². The van der Waals surface area contributed by atoms with E-state index < -0.39 is 18.1 Å². The normalized spacial score (nSPS) is 17.0. The summed E-state index contributed by atoms with van der Waals surface area (Å²) in [4.78, 5) is 30.0. The van der Waals surface area contributed by atoms with Gasteiger partial charge in [-0.25, -0.2) is 9.59 Å². The van der Waals surface area contributed by atoms with Gasteiger partial charge in [-0.15, -0.1) is 0 Å². The van der Waals surface area contributed by atoms with Crippen molar-refractivity contribution in [2.45, 2.75) is 59.2 Å². The Labute approximate surface area is 247 Å². The standard InChI is InChI=1S/C34H40N4O4/c1-5-41-33(39)30(20-26-9-7-6-8-10-26)36-34(40)42-23-38(4)18-16-32-29(22-38)28-19-24(2)11-14-31(28)37(32)17-15-27-13-12-25(3)35-21-27/h6-14,19,21,30H,5,15-18,20,22-23H2,1-4H3/p+1. The SMILES string of the molecule is CCOC(=O)C(Cc1ccccc1)NC(=O)OC[N+]1(C)CCc2c(c3cc(C)ccc3n2CCc2ccc(C)nc2)C1. The van der Waals surface area contributed by atoms with Crippen molar-refractivity contribution in [3.05, 3.63) is 101 Å². The summed E-state index contributed by atoms with van der Waals surface area (Å²) < 4.78 is 14.0. The third-order valence-corrected chi connectivity index (χ3v) is 8.12. The van der Waals surface area contributed by atoms with E-state index in [4.69, 9.17) is 9.47 Å². The van der Waals surface area contributed by atoms with Crippen molar-refractivity contribution in [2.24, 2.45) is 0 Å². The first kappa shape index (κ1) is 29.3. The molecule has 0 aliphatic carbocycles. The van der Waals surface area contributed by atoms with E-state index in [1.165, 1.54) is 33.3 Å². The van der Waals surface area contributed by atoms with Gasteiger partial charge in [0.1, 0.15) is 12.6 Å². The van der Waals surface area contributed by atoms with Crippen molar-refractivity contribution in [3.8, 4) is 0 Å². The molecule has 0 saturated heterocycles. The number of hydrogen-bond donors (Lipinski definition) is 1. The zero-order valence-corrected chi connectivity index (χ0v) is 25.1. The molecule has 2 atom stereocenters. The second-order valence-corrected chi connectivity index (χ2v) is 11.6. The fraction of sp³-hybridized carbons (Fsp3) is 0.382. The molecule has 5 rings (SSSR count). The van der Waals surface area contributed by atoms with Crippen molar-refractivity contribution in [3.63, 3.8) is 0 Å². The summed E-state index contributed by atoms with van der Waals surface area (Å²) in [5.41, 5.74) is 8.35. The summed E-state index contributed by atoms with van der Waals surface area (Å²) in [6, 6.07) is 19.7. The van der Waals surface area contributed by atoms with Crippen LogP contribution < -0.4 is 5.32 Å². The predicted molar refractivity (Wildman–Crippen MR) is 163 cm³/mol. The van der Waals surface area contributed by atoms with Gasteiger partial charge in [0.25, 0.3) is 0 Å². The number of pyridine rings is 1. The van der Waals surface area contributed by atoms with Gasteiger partial charge in [-0.1, -0.05) is 48.0 Å². The predicted octanol–water partition coefficient (Wildman–Crippen LogP) is 5.26. The van der Waals surface area contributed by atoms with Crippen molar-refractivity contribution in [2.75, 3.05) is 26.9 Å². The zero-order valence-electron chi connectivity index (χ0n) is 25.1. The number of nitrogens with one attached hydrogen (secondary N) is 1. The molecule has 1 aliphatic heterocycles. The number of fused-ring (bicyclic) bond motifs is 3. The Bertz CT molecular complexity index is 1550. The van der Waals surface area contributed by atoms with Crippen LogP contribution in [0.5, 0.6) is 0 Å². The van der Waals surface area contributed by atoms with Gasteiger partial charge in [0.2, 0.25) is 6.73 Å². The Morgan fingerprint density at radius 3 is 2.60 bits per heavy atom. The number of quaternary nitrogens is 1. The van der Waals surface area contributed by atoms with Crippen LogP contribution in [-0.4, -0.2) is 59.1 Å². The number of carbonyl (C=O) groups excluding carboxylic acids is 2. The zero-order chi connectivity index (χ0) is 29.7. The van der Waals surface area contributed by atoms with Crippen molar-refractivity contribution < 1.29 is 23.5 Å². The van der Waals surface area contributed by atoms with Crippen LogP contribution in [-0.2, 0) is 46.6 Å². The number of amides is 1. The van der Waals surface area contributed by atoms with Crippen molar-refractivity contribution >= 4 is 23.0 Å². The molecule has 1 aliphatic rings. The average molecular weight is 570 g/mol. The van der Waals surface area contributed by atoms with Crippen LogP contribution >= 0.6 is 0 Å². The molecule has 3 heterocycles. The maximum atomic E-state index is 12.9. The highest BCUT2D eigenvalue weighted by atomic mass is 16.6. The highest BCUT2D eigenvalue weighted by Gasteiger charge is 2.34. The van der Waals surface area contributed by atoms with Gasteiger partial charge in [-0.05, 0) is 56.5 Å². The van der Waals surface area contributed by atoms with Crippen LogP contribution in [0.4, 0.5) is 4.79 Å². The summed E-state index contributed by atoms with van der Waals surface area (Å²) in [6.07, 6.45) is 3.49. The van der Waals surface area contributed by atoms with Crippen LogP contribution in [0, 0.1) is 13.8 Å². The van der Waals surface area contributed by atoms with Crippen LogP contribution in [0.15, 0.2) is 66.9 Å². The smallest absolute Gasteiger partial charge is 0.412 e. The summed E-state index contributed by atoms with van der Waals surface area (Å²) in [5.74, 6) is -0.467. The van der Waals surface area contributed by atoms with E-state index in [0.29, 0.717) is 10.9 Å². The molecule has 1 amide bonds. The number of esters is 1. The largest absolute Gasteiger partial charge is 0.464 e. The number of alkyl carbamates (subject to hydrolysis) is 1. The number of nitrogens with zero attached hydrogens (tertiary/aromatic N) is 3.